The summed E-state index contributed by atoms with van der Waals surface area (Å²) in [6.45, 7) is -0.521. The van der Waals surface area contributed by atoms with E-state index in [1.165, 1.54) is 60.8 Å². The number of hydrazone groups is 1. The fourth-order valence-electron chi connectivity index (χ4n) is 2.49. The molecule has 8 nitrogen and oxygen atoms in total. The van der Waals surface area contributed by atoms with Crippen molar-refractivity contribution in [1.82, 2.24) is 10.1 Å². The topological polar surface area (TPSA) is 114 Å². The van der Waals surface area contributed by atoms with E-state index in [0.29, 0.717) is 10.6 Å². The average molecular weight is 490 g/mol. The molecular weight excluding hydrogens is 473 g/mol. The fourth-order valence-corrected chi connectivity index (χ4v) is 3.59. The molecule has 2 N–H and O–H groups in total. The lowest BCUT2D eigenvalue weighted by atomic mass is 10.2. The maximum Gasteiger partial charge on any atom is 0.346 e. The summed E-state index contributed by atoms with van der Waals surface area (Å²) in [5.74, 6) is -2.00. The lowest BCUT2D eigenvalue weighted by molar-refractivity contribution is -0.119. The summed E-state index contributed by atoms with van der Waals surface area (Å²) in [7, 11) is -3.87. The Bertz CT molecular complexity index is 1280. The molecule has 11 heteroatoms. The molecule has 33 heavy (non-hydrogen) atoms. The first-order valence-corrected chi connectivity index (χ1v) is 11.2. The zero-order valence-corrected chi connectivity index (χ0v) is 18.4. The Hall–Kier alpha value is -3.60. The maximum absolute atomic E-state index is 13.6. The van der Waals surface area contributed by atoms with Crippen LogP contribution in [0.3, 0.4) is 0 Å². The van der Waals surface area contributed by atoms with Gasteiger partial charge >= 0.3 is 5.97 Å². The number of halogens is 2. The highest BCUT2D eigenvalue weighted by Crippen LogP contribution is 2.15. The number of ether oxygens (including phenoxy) is 1. The van der Waals surface area contributed by atoms with Crippen molar-refractivity contribution in [3.05, 3.63) is 94.8 Å². The van der Waals surface area contributed by atoms with Crippen LogP contribution in [0.5, 0.6) is 5.75 Å². The molecule has 3 aromatic carbocycles. The van der Waals surface area contributed by atoms with Gasteiger partial charge in [-0.3, -0.25) is 4.79 Å². The van der Waals surface area contributed by atoms with Crippen LogP contribution in [0.2, 0.25) is 5.02 Å². The molecule has 0 aliphatic rings. The number of hydrogen-bond acceptors (Lipinski definition) is 6. The first kappa shape index (κ1) is 24.1. The van der Waals surface area contributed by atoms with Gasteiger partial charge in [0.05, 0.1) is 23.2 Å². The molecule has 1 amide bonds. The van der Waals surface area contributed by atoms with Gasteiger partial charge in [-0.05, 0) is 66.2 Å². The van der Waals surface area contributed by atoms with Crippen molar-refractivity contribution in [3.63, 3.8) is 0 Å². The third kappa shape index (κ3) is 6.94. The third-order valence-corrected chi connectivity index (χ3v) is 5.80. The Morgan fingerprint density at radius 3 is 2.33 bits per heavy atom. The van der Waals surface area contributed by atoms with E-state index in [0.717, 1.165) is 6.07 Å². The SMILES string of the molecule is O=C(CNS(=O)(=O)c1ccc(Cl)cc1)N/N=C/c1ccc(OC(=O)c2ccccc2F)cc1. The van der Waals surface area contributed by atoms with Crippen LogP contribution in [0.4, 0.5) is 4.39 Å². The predicted molar refractivity (Wildman–Crippen MR) is 120 cm³/mol. The van der Waals surface area contributed by atoms with Gasteiger partial charge in [-0.15, -0.1) is 0 Å². The van der Waals surface area contributed by atoms with Crippen molar-refractivity contribution in [2.75, 3.05) is 6.54 Å². The summed E-state index contributed by atoms with van der Waals surface area (Å²) in [6.07, 6.45) is 1.31. The van der Waals surface area contributed by atoms with Gasteiger partial charge in [0.25, 0.3) is 5.91 Å². The Morgan fingerprint density at radius 1 is 1.00 bits per heavy atom. The normalized spacial score (nSPS) is 11.3. The molecule has 0 bridgehead atoms. The molecule has 0 aliphatic carbocycles. The molecule has 0 heterocycles. The van der Waals surface area contributed by atoms with Crippen LogP contribution in [-0.2, 0) is 14.8 Å². The summed E-state index contributed by atoms with van der Waals surface area (Å²) in [4.78, 5) is 23.8. The van der Waals surface area contributed by atoms with E-state index in [-0.39, 0.29) is 16.2 Å². The molecule has 3 rings (SSSR count). The van der Waals surface area contributed by atoms with Gasteiger partial charge in [-0.2, -0.15) is 5.10 Å². The Morgan fingerprint density at radius 2 is 1.67 bits per heavy atom. The molecule has 0 aromatic heterocycles. The fraction of sp³-hybridized carbons (Fsp3) is 0.0455. The van der Waals surface area contributed by atoms with Gasteiger partial charge in [0.1, 0.15) is 11.6 Å². The first-order valence-electron chi connectivity index (χ1n) is 9.38. The molecule has 0 saturated carbocycles. The number of hydrogen-bond donors (Lipinski definition) is 2. The standard InChI is InChI=1S/C22H17ClFN3O5S/c23-16-7-11-18(12-8-16)33(30,31)26-14-21(28)27-25-13-15-5-9-17(10-6-15)32-22(29)19-3-1-2-4-20(19)24/h1-13,26H,14H2,(H,27,28)/b25-13+. The van der Waals surface area contributed by atoms with E-state index in [9.17, 15) is 22.4 Å². The molecule has 0 saturated heterocycles. The van der Waals surface area contributed by atoms with E-state index < -0.39 is 34.3 Å². The first-order chi connectivity index (χ1) is 15.7. The zero-order valence-electron chi connectivity index (χ0n) is 16.9. The Kier molecular flexibility index (Phi) is 7.88. The summed E-state index contributed by atoms with van der Waals surface area (Å²) < 4.78 is 45.2. The van der Waals surface area contributed by atoms with Crippen molar-refractivity contribution in [1.29, 1.82) is 0 Å². The van der Waals surface area contributed by atoms with E-state index in [4.69, 9.17) is 16.3 Å². The number of carbonyl (C=O) groups is 2. The van der Waals surface area contributed by atoms with E-state index in [1.807, 2.05) is 0 Å². The third-order valence-electron chi connectivity index (χ3n) is 4.13. The molecule has 0 unspecified atom stereocenters. The predicted octanol–water partition coefficient (Wildman–Crippen LogP) is 3.13. The minimum atomic E-state index is -3.87. The number of nitrogens with zero attached hydrogens (tertiary/aromatic N) is 1. The van der Waals surface area contributed by atoms with Crippen LogP contribution < -0.4 is 14.9 Å². The van der Waals surface area contributed by atoms with Crippen molar-refractivity contribution < 1.29 is 27.1 Å². The van der Waals surface area contributed by atoms with E-state index in [2.05, 4.69) is 15.2 Å². The van der Waals surface area contributed by atoms with Crippen LogP contribution in [0, 0.1) is 5.82 Å². The van der Waals surface area contributed by atoms with Crippen LogP contribution >= 0.6 is 11.6 Å². The van der Waals surface area contributed by atoms with Crippen LogP contribution in [0.15, 0.2) is 82.8 Å². The van der Waals surface area contributed by atoms with E-state index >= 15 is 0 Å². The lowest BCUT2D eigenvalue weighted by Crippen LogP contribution is -2.34. The summed E-state index contributed by atoms with van der Waals surface area (Å²) in [6, 6.07) is 17.0. The maximum atomic E-state index is 13.6. The van der Waals surface area contributed by atoms with Gasteiger partial charge < -0.3 is 4.74 Å². The van der Waals surface area contributed by atoms with Gasteiger partial charge in [0, 0.05) is 5.02 Å². The largest absolute Gasteiger partial charge is 0.423 e. The zero-order chi connectivity index (χ0) is 23.8. The minimum Gasteiger partial charge on any atom is -0.423 e. The number of amides is 1. The van der Waals surface area contributed by atoms with Crippen LogP contribution in [0.1, 0.15) is 15.9 Å². The molecule has 0 spiro atoms. The van der Waals surface area contributed by atoms with Crippen LogP contribution in [0.25, 0.3) is 0 Å². The summed E-state index contributed by atoms with van der Waals surface area (Å²) in [5, 5.41) is 4.13. The van der Waals surface area contributed by atoms with Crippen molar-refractivity contribution in [2.24, 2.45) is 5.10 Å². The number of carbonyl (C=O) groups excluding carboxylic acids is 2. The molecule has 0 radical (unpaired) electrons. The number of nitrogens with one attached hydrogen (secondary N) is 2. The highest BCUT2D eigenvalue weighted by Gasteiger charge is 2.15. The number of benzene rings is 3. The highest BCUT2D eigenvalue weighted by atomic mass is 35.5. The Labute approximate surface area is 194 Å². The van der Waals surface area contributed by atoms with Gasteiger partial charge in [-0.1, -0.05) is 23.7 Å². The second kappa shape index (κ2) is 10.8. The summed E-state index contributed by atoms with van der Waals surface area (Å²) in [5.41, 5.74) is 2.57. The minimum absolute atomic E-state index is 0.0287. The monoisotopic (exact) mass is 489 g/mol. The molecule has 0 aliphatic heterocycles. The summed E-state index contributed by atoms with van der Waals surface area (Å²) >= 11 is 5.73. The molecule has 3 aromatic rings. The van der Waals surface area contributed by atoms with Crippen molar-refractivity contribution in [3.8, 4) is 5.75 Å². The number of esters is 1. The average Bonchev–Trinajstić information content (AvgIpc) is 2.79. The van der Waals surface area contributed by atoms with E-state index in [1.54, 1.807) is 12.1 Å². The van der Waals surface area contributed by atoms with Crippen molar-refractivity contribution >= 4 is 39.7 Å². The molecular formula is C22H17ClFN3O5S. The van der Waals surface area contributed by atoms with Gasteiger partial charge in [0.15, 0.2) is 0 Å². The quantitative estimate of drug-likeness (QED) is 0.218. The second-order valence-corrected chi connectivity index (χ2v) is 8.71. The van der Waals surface area contributed by atoms with Crippen LogP contribution in [-0.4, -0.2) is 33.1 Å². The molecule has 170 valence electrons. The second-order valence-electron chi connectivity index (χ2n) is 6.51. The lowest BCUT2D eigenvalue weighted by Gasteiger charge is -2.06. The van der Waals surface area contributed by atoms with Gasteiger partial charge in [-0.25, -0.2) is 27.8 Å². The number of sulfonamides is 1. The number of rotatable bonds is 8. The molecule has 0 fully saturated rings. The smallest absolute Gasteiger partial charge is 0.346 e. The van der Waals surface area contributed by atoms with Gasteiger partial charge in [0.2, 0.25) is 10.0 Å². The van der Waals surface area contributed by atoms with Crippen molar-refractivity contribution in [2.45, 2.75) is 4.90 Å². The highest BCUT2D eigenvalue weighted by molar-refractivity contribution is 7.89. The molecule has 0 atom stereocenters. The Balaban J connectivity index is 1.49.